The van der Waals surface area contributed by atoms with E-state index in [0.717, 1.165) is 0 Å². The Morgan fingerprint density at radius 1 is 1.45 bits per heavy atom. The van der Waals surface area contributed by atoms with Gasteiger partial charge in [0.2, 0.25) is 0 Å². The number of carboxylic acids is 1. The van der Waals surface area contributed by atoms with Crippen molar-refractivity contribution in [3.63, 3.8) is 0 Å². The van der Waals surface area contributed by atoms with E-state index in [4.69, 9.17) is 5.11 Å². The summed E-state index contributed by atoms with van der Waals surface area (Å²) in [5.74, 6) is -1.53. The van der Waals surface area contributed by atoms with E-state index < -0.39 is 16.8 Å². The lowest BCUT2D eigenvalue weighted by Gasteiger charge is -2.20. The zero-order chi connectivity index (χ0) is 15.3. The summed E-state index contributed by atoms with van der Waals surface area (Å²) >= 11 is 1.83. The average Bonchev–Trinajstić information content (AvgIpc) is 2.36. The van der Waals surface area contributed by atoms with Gasteiger partial charge in [-0.1, -0.05) is 6.92 Å². The van der Waals surface area contributed by atoms with E-state index in [9.17, 15) is 19.7 Å². The second-order valence-electron chi connectivity index (χ2n) is 4.04. The molecule has 0 spiro atoms. The highest BCUT2D eigenvalue weighted by Crippen LogP contribution is 2.21. The zero-order valence-electron chi connectivity index (χ0n) is 10.7. The molecule has 1 amide bonds. The molecule has 7 nitrogen and oxygen atoms in total. The average molecular weight is 392 g/mol. The van der Waals surface area contributed by atoms with Crippen LogP contribution in [0.25, 0.3) is 0 Å². The second kappa shape index (κ2) is 7.17. The molecule has 108 valence electrons. The van der Waals surface area contributed by atoms with E-state index in [-0.39, 0.29) is 17.8 Å². The number of hydrogen-bond acceptors (Lipinski definition) is 4. The lowest BCUT2D eigenvalue weighted by molar-refractivity contribution is -0.384. The van der Waals surface area contributed by atoms with Gasteiger partial charge in [0.15, 0.2) is 0 Å². The monoisotopic (exact) mass is 392 g/mol. The van der Waals surface area contributed by atoms with Crippen molar-refractivity contribution in [3.05, 3.63) is 37.4 Å². The van der Waals surface area contributed by atoms with Crippen LogP contribution in [0.1, 0.15) is 23.7 Å². The number of carbonyl (C=O) groups is 2. The number of carboxylic acid groups (broad SMARTS) is 1. The fourth-order valence-electron chi connectivity index (χ4n) is 1.65. The van der Waals surface area contributed by atoms with Crippen LogP contribution in [0, 0.1) is 13.7 Å². The van der Waals surface area contributed by atoms with E-state index in [1.54, 1.807) is 0 Å². The largest absolute Gasteiger partial charge is 0.480 e. The van der Waals surface area contributed by atoms with Crippen LogP contribution in [0.2, 0.25) is 0 Å². The maximum atomic E-state index is 12.3. The second-order valence-corrected chi connectivity index (χ2v) is 5.20. The van der Waals surface area contributed by atoms with E-state index in [1.807, 2.05) is 29.5 Å². The first-order valence-electron chi connectivity index (χ1n) is 5.81. The summed E-state index contributed by atoms with van der Waals surface area (Å²) in [4.78, 5) is 34.3. The third kappa shape index (κ3) is 4.15. The van der Waals surface area contributed by atoms with E-state index in [2.05, 4.69) is 0 Å². The van der Waals surface area contributed by atoms with Gasteiger partial charge in [-0.25, -0.2) is 0 Å². The Balaban J connectivity index is 3.05. The van der Waals surface area contributed by atoms with Gasteiger partial charge in [-0.05, 0) is 35.1 Å². The predicted octanol–water partition coefficient (Wildman–Crippen LogP) is 2.14. The van der Waals surface area contributed by atoms with Gasteiger partial charge < -0.3 is 10.0 Å². The van der Waals surface area contributed by atoms with Crippen LogP contribution >= 0.6 is 22.6 Å². The molecule has 0 fully saturated rings. The summed E-state index contributed by atoms with van der Waals surface area (Å²) in [5.41, 5.74) is 0.164. The van der Waals surface area contributed by atoms with Crippen molar-refractivity contribution in [2.24, 2.45) is 0 Å². The quantitative estimate of drug-likeness (QED) is 0.454. The van der Waals surface area contributed by atoms with Crippen molar-refractivity contribution >= 4 is 40.2 Å². The number of rotatable bonds is 6. The standard InChI is InChI=1S/C12H13IN2O5/c1-2-5-14(7-11(16)17)12(18)9-4-3-8(15(19)20)6-10(9)13/h3-4,6H,2,5,7H2,1H3,(H,16,17). The molecule has 0 aromatic heterocycles. The molecule has 1 aromatic rings. The zero-order valence-corrected chi connectivity index (χ0v) is 12.9. The molecule has 0 saturated heterocycles. The van der Waals surface area contributed by atoms with Gasteiger partial charge in [-0.15, -0.1) is 0 Å². The van der Waals surface area contributed by atoms with Crippen LogP contribution in [-0.4, -0.2) is 39.9 Å². The van der Waals surface area contributed by atoms with E-state index in [0.29, 0.717) is 16.5 Å². The Hall–Kier alpha value is -1.71. The molecular weight excluding hydrogens is 379 g/mol. The first-order valence-corrected chi connectivity index (χ1v) is 6.89. The summed E-state index contributed by atoms with van der Waals surface area (Å²) in [5, 5.41) is 19.5. The van der Waals surface area contributed by atoms with Crippen LogP contribution in [0.3, 0.4) is 0 Å². The van der Waals surface area contributed by atoms with Gasteiger partial charge in [0.1, 0.15) is 6.54 Å². The molecule has 0 atom stereocenters. The predicted molar refractivity (Wildman–Crippen MR) is 79.6 cm³/mol. The normalized spacial score (nSPS) is 10.1. The van der Waals surface area contributed by atoms with Crippen LogP contribution in [0.5, 0.6) is 0 Å². The highest BCUT2D eigenvalue weighted by molar-refractivity contribution is 14.1. The lowest BCUT2D eigenvalue weighted by Crippen LogP contribution is -2.36. The first kappa shape index (κ1) is 16.3. The first-order chi connectivity index (χ1) is 9.36. The number of carbonyl (C=O) groups excluding carboxylic acids is 1. The number of halogens is 1. The minimum Gasteiger partial charge on any atom is -0.480 e. The van der Waals surface area contributed by atoms with Crippen molar-refractivity contribution in [3.8, 4) is 0 Å². The molecule has 20 heavy (non-hydrogen) atoms. The van der Waals surface area contributed by atoms with Gasteiger partial charge >= 0.3 is 5.97 Å². The topological polar surface area (TPSA) is 101 Å². The maximum absolute atomic E-state index is 12.3. The van der Waals surface area contributed by atoms with Gasteiger partial charge in [0, 0.05) is 22.2 Å². The number of benzene rings is 1. The van der Waals surface area contributed by atoms with Crippen molar-refractivity contribution in [1.29, 1.82) is 0 Å². The number of nitro groups is 1. The third-order valence-electron chi connectivity index (χ3n) is 2.50. The molecule has 0 aliphatic carbocycles. The Morgan fingerprint density at radius 2 is 2.10 bits per heavy atom. The highest BCUT2D eigenvalue weighted by Gasteiger charge is 2.21. The van der Waals surface area contributed by atoms with Crippen LogP contribution < -0.4 is 0 Å². The van der Waals surface area contributed by atoms with Crippen LogP contribution in [-0.2, 0) is 4.79 Å². The van der Waals surface area contributed by atoms with E-state index in [1.165, 1.54) is 23.1 Å². The number of amides is 1. The molecular formula is C12H13IN2O5. The van der Waals surface area contributed by atoms with Crippen LogP contribution in [0.15, 0.2) is 18.2 Å². The van der Waals surface area contributed by atoms with Gasteiger partial charge in [-0.3, -0.25) is 19.7 Å². The molecule has 0 radical (unpaired) electrons. The van der Waals surface area contributed by atoms with Crippen molar-refractivity contribution in [2.75, 3.05) is 13.1 Å². The van der Waals surface area contributed by atoms with Crippen molar-refractivity contribution < 1.29 is 19.6 Å². The SMILES string of the molecule is CCCN(CC(=O)O)C(=O)c1ccc([N+](=O)[O-])cc1I. The van der Waals surface area contributed by atoms with Gasteiger partial charge in [0.25, 0.3) is 11.6 Å². The number of hydrogen-bond donors (Lipinski definition) is 1. The Kier molecular flexibility index (Phi) is 5.86. The van der Waals surface area contributed by atoms with Crippen molar-refractivity contribution in [2.45, 2.75) is 13.3 Å². The maximum Gasteiger partial charge on any atom is 0.323 e. The van der Waals surface area contributed by atoms with E-state index >= 15 is 0 Å². The molecule has 0 aliphatic rings. The third-order valence-corrected chi connectivity index (χ3v) is 3.39. The minimum absolute atomic E-state index is 0.105. The molecule has 1 N–H and O–H groups in total. The number of aliphatic carboxylic acids is 1. The molecule has 1 rings (SSSR count). The molecule has 0 bridgehead atoms. The molecule has 1 aromatic carbocycles. The molecule has 0 saturated carbocycles. The smallest absolute Gasteiger partial charge is 0.323 e. The van der Waals surface area contributed by atoms with Crippen LogP contribution in [0.4, 0.5) is 5.69 Å². The minimum atomic E-state index is -1.09. The fourth-order valence-corrected chi connectivity index (χ4v) is 2.38. The Labute approximate surface area is 128 Å². The van der Waals surface area contributed by atoms with Gasteiger partial charge in [-0.2, -0.15) is 0 Å². The number of nitro benzene ring substituents is 1. The number of nitrogens with zero attached hydrogens (tertiary/aromatic N) is 2. The number of non-ortho nitro benzene ring substituents is 1. The lowest BCUT2D eigenvalue weighted by atomic mass is 10.1. The van der Waals surface area contributed by atoms with Gasteiger partial charge in [0.05, 0.1) is 10.5 Å². The van der Waals surface area contributed by atoms with Crippen molar-refractivity contribution in [1.82, 2.24) is 4.90 Å². The summed E-state index contributed by atoms with van der Waals surface area (Å²) in [7, 11) is 0. The molecule has 0 heterocycles. The highest BCUT2D eigenvalue weighted by atomic mass is 127. The fraction of sp³-hybridized carbons (Fsp3) is 0.333. The molecule has 0 unspecified atom stereocenters. The summed E-state index contributed by atoms with van der Waals surface area (Å²) in [6.07, 6.45) is 0.628. The summed E-state index contributed by atoms with van der Waals surface area (Å²) in [6, 6.07) is 3.88. The Morgan fingerprint density at radius 3 is 2.55 bits per heavy atom. The summed E-state index contributed by atoms with van der Waals surface area (Å²) < 4.78 is 0.424. The Bertz CT molecular complexity index is 547. The molecule has 8 heteroatoms. The molecule has 0 aliphatic heterocycles. The summed E-state index contributed by atoms with van der Waals surface area (Å²) in [6.45, 7) is 1.76.